The van der Waals surface area contributed by atoms with E-state index in [4.69, 9.17) is 5.26 Å². The van der Waals surface area contributed by atoms with Crippen molar-refractivity contribution in [2.24, 2.45) is 0 Å². The van der Waals surface area contributed by atoms with Crippen molar-refractivity contribution in [2.75, 3.05) is 0 Å². The summed E-state index contributed by atoms with van der Waals surface area (Å²) in [5, 5.41) is 7.91. The first kappa shape index (κ1) is 24.6. The lowest BCUT2D eigenvalue weighted by atomic mass is 9.96. The Bertz CT molecular complexity index is 533. The molecule has 0 saturated heterocycles. The molecule has 0 heterocycles. The molecular formula is C8Br4F11N. The van der Waals surface area contributed by atoms with Crippen molar-refractivity contribution in [3.63, 3.8) is 0 Å². The third-order valence-corrected chi connectivity index (χ3v) is 6.53. The van der Waals surface area contributed by atoms with E-state index in [1.165, 1.54) is 0 Å². The van der Waals surface area contributed by atoms with Crippen LogP contribution in [0.3, 0.4) is 0 Å². The molecule has 142 valence electrons. The maximum Gasteiger partial charge on any atom is 0.381 e. The maximum atomic E-state index is 13.9. The Kier molecular flexibility index (Phi) is 6.53. The number of hydrogen-bond donors (Lipinski definition) is 0. The van der Waals surface area contributed by atoms with Crippen LogP contribution in [-0.4, -0.2) is 36.3 Å². The molecular weight excluding hydrogens is 639 g/mol. The molecule has 0 saturated carbocycles. The van der Waals surface area contributed by atoms with Gasteiger partial charge in [0.05, 0.1) is 0 Å². The molecule has 0 aromatic heterocycles. The number of rotatable bonds is 6. The summed E-state index contributed by atoms with van der Waals surface area (Å²) in [6.07, 6.45) is 0. The smallest absolute Gasteiger partial charge is 0.217 e. The van der Waals surface area contributed by atoms with Gasteiger partial charge in [0.2, 0.25) is 0 Å². The van der Waals surface area contributed by atoms with Gasteiger partial charge in [-0.05, 0) is 63.7 Å². The van der Waals surface area contributed by atoms with Crippen molar-refractivity contribution in [1.29, 1.82) is 5.26 Å². The van der Waals surface area contributed by atoms with E-state index in [0.29, 0.717) is 0 Å². The predicted octanol–water partition coefficient (Wildman–Crippen LogP) is 6.59. The SMILES string of the molecule is N#CC(F)(F)[C@@](F)(Br)C(F)(F)[C@](F)(Br)C(F)(F)[C@@](F)(Br)C(F)(F)Br. The molecule has 0 rings (SSSR count). The molecule has 0 N–H and O–H groups in total. The van der Waals surface area contributed by atoms with Crippen LogP contribution in [0.5, 0.6) is 0 Å². The predicted molar refractivity (Wildman–Crippen MR) is 72.6 cm³/mol. The summed E-state index contributed by atoms with van der Waals surface area (Å²) in [5.41, 5.74) is 0. The minimum absolute atomic E-state index is 0.350. The van der Waals surface area contributed by atoms with Gasteiger partial charge in [-0.15, -0.1) is 0 Å². The van der Waals surface area contributed by atoms with Crippen LogP contribution >= 0.6 is 63.7 Å². The third kappa shape index (κ3) is 3.19. The van der Waals surface area contributed by atoms with Crippen LogP contribution in [0.15, 0.2) is 0 Å². The lowest BCUT2D eigenvalue weighted by Gasteiger charge is -2.44. The Balaban J connectivity index is 6.48. The van der Waals surface area contributed by atoms with Gasteiger partial charge in [0.1, 0.15) is 6.07 Å². The van der Waals surface area contributed by atoms with Gasteiger partial charge in [0.15, 0.2) is 0 Å². The molecule has 0 aromatic rings. The maximum absolute atomic E-state index is 13.9. The second-order valence-electron chi connectivity index (χ2n) is 4.06. The summed E-state index contributed by atoms with van der Waals surface area (Å²) in [4.78, 5) is -5.42. The van der Waals surface area contributed by atoms with Gasteiger partial charge < -0.3 is 0 Å². The molecule has 16 heteroatoms. The largest absolute Gasteiger partial charge is 0.381 e. The first-order valence-electron chi connectivity index (χ1n) is 4.81. The van der Waals surface area contributed by atoms with E-state index >= 15 is 0 Å². The first-order chi connectivity index (χ1) is 10.1. The van der Waals surface area contributed by atoms with E-state index in [0.717, 1.165) is 63.7 Å². The second-order valence-corrected chi connectivity index (χ2v) is 8.33. The van der Waals surface area contributed by atoms with Crippen molar-refractivity contribution in [3.05, 3.63) is 0 Å². The normalized spacial score (nSPS) is 22.1. The first-order valence-corrected chi connectivity index (χ1v) is 7.98. The second kappa shape index (κ2) is 6.36. The highest BCUT2D eigenvalue weighted by Gasteiger charge is 2.88. The summed E-state index contributed by atoms with van der Waals surface area (Å²) in [5.74, 6) is -19.1. The van der Waals surface area contributed by atoms with Gasteiger partial charge >= 0.3 is 31.8 Å². The molecule has 0 aliphatic rings. The Hall–Kier alpha value is 0.640. The molecule has 0 spiro atoms. The highest BCUT2D eigenvalue weighted by Crippen LogP contribution is 2.66. The lowest BCUT2D eigenvalue weighted by Crippen LogP contribution is -2.70. The summed E-state index contributed by atoms with van der Waals surface area (Å²) in [6.45, 7) is 0. The van der Waals surface area contributed by atoms with E-state index in [2.05, 4.69) is 0 Å². The van der Waals surface area contributed by atoms with Gasteiger partial charge in [-0.2, -0.15) is 40.4 Å². The molecule has 0 radical (unpaired) electrons. The Morgan fingerprint density at radius 1 is 0.542 bits per heavy atom. The monoisotopic (exact) mass is 635 g/mol. The number of alkyl halides is 15. The fourth-order valence-electron chi connectivity index (χ4n) is 1.04. The van der Waals surface area contributed by atoms with Crippen molar-refractivity contribution in [3.8, 4) is 6.07 Å². The number of nitrogens with zero attached hydrogens (tertiary/aromatic N) is 1. The van der Waals surface area contributed by atoms with Crippen molar-refractivity contribution < 1.29 is 48.3 Å². The topological polar surface area (TPSA) is 23.8 Å². The fourth-order valence-corrected chi connectivity index (χ4v) is 3.00. The lowest BCUT2D eigenvalue weighted by molar-refractivity contribution is -0.286. The molecule has 0 fully saturated rings. The zero-order chi connectivity index (χ0) is 20.2. The van der Waals surface area contributed by atoms with Crippen LogP contribution in [-0.2, 0) is 0 Å². The Morgan fingerprint density at radius 2 is 0.833 bits per heavy atom. The molecule has 0 bridgehead atoms. The highest BCUT2D eigenvalue weighted by atomic mass is 79.9. The number of halogens is 15. The number of nitriles is 1. The Morgan fingerprint density at radius 3 is 1.08 bits per heavy atom. The molecule has 24 heavy (non-hydrogen) atoms. The highest BCUT2D eigenvalue weighted by molar-refractivity contribution is 9.13. The number of hydrogen-bond acceptors (Lipinski definition) is 1. The summed E-state index contributed by atoms with van der Waals surface area (Å²) in [6, 6.07) is -0.350. The van der Waals surface area contributed by atoms with E-state index in [-0.39, 0.29) is 6.07 Å². The molecule has 0 unspecified atom stereocenters. The molecule has 0 amide bonds. The fraction of sp³-hybridized carbons (Fsp3) is 0.875. The summed E-state index contributed by atoms with van der Waals surface area (Å²) < 4.78 is 129. The van der Waals surface area contributed by atoms with Crippen molar-refractivity contribution >= 4 is 63.7 Å². The average Bonchev–Trinajstić information content (AvgIpc) is 2.36. The average molecular weight is 639 g/mol. The molecule has 1 nitrogen and oxygen atoms in total. The minimum Gasteiger partial charge on any atom is -0.217 e. The van der Waals surface area contributed by atoms with Gasteiger partial charge in [-0.3, -0.25) is 0 Å². The van der Waals surface area contributed by atoms with E-state index < -0.39 is 36.3 Å². The molecule has 0 aromatic carbocycles. The van der Waals surface area contributed by atoms with E-state index in [9.17, 15) is 48.3 Å². The van der Waals surface area contributed by atoms with Crippen LogP contribution < -0.4 is 0 Å². The summed E-state index contributed by atoms with van der Waals surface area (Å²) in [7, 11) is 0. The van der Waals surface area contributed by atoms with Crippen LogP contribution in [0.2, 0.25) is 0 Å². The van der Waals surface area contributed by atoms with Gasteiger partial charge in [-0.25, -0.2) is 13.2 Å². The molecule has 0 aliphatic carbocycles. The molecule has 0 aliphatic heterocycles. The van der Waals surface area contributed by atoms with Crippen LogP contribution in [0.4, 0.5) is 48.3 Å². The molecule has 3 atom stereocenters. The van der Waals surface area contributed by atoms with Crippen LogP contribution in [0, 0.1) is 11.3 Å². The van der Waals surface area contributed by atoms with Gasteiger partial charge in [-0.1, -0.05) is 0 Å². The van der Waals surface area contributed by atoms with Crippen LogP contribution in [0.25, 0.3) is 0 Å². The van der Waals surface area contributed by atoms with Gasteiger partial charge in [0.25, 0.3) is 4.58 Å². The minimum atomic E-state index is -6.66. The standard InChI is InChI=1S/C8Br4F11N/c9-3(15,2(13,14)1-24)6(18,19)4(10,16)7(20,21)5(11,17)8(12,22)23/t3-,4+,5-/m0/s1. The zero-order valence-corrected chi connectivity index (χ0v) is 16.5. The van der Waals surface area contributed by atoms with Crippen LogP contribution in [0.1, 0.15) is 0 Å². The van der Waals surface area contributed by atoms with Crippen molar-refractivity contribution in [1.82, 2.24) is 0 Å². The quantitative estimate of drug-likeness (QED) is 0.238. The van der Waals surface area contributed by atoms with E-state index in [1.807, 2.05) is 0 Å². The van der Waals surface area contributed by atoms with Gasteiger partial charge in [0, 0.05) is 0 Å². The third-order valence-electron chi connectivity index (χ3n) is 2.47. The van der Waals surface area contributed by atoms with Crippen molar-refractivity contribution in [2.45, 2.75) is 36.3 Å². The summed E-state index contributed by atoms with van der Waals surface area (Å²) >= 11 is 3.71. The van der Waals surface area contributed by atoms with E-state index in [1.54, 1.807) is 0 Å². The zero-order valence-electron chi connectivity index (χ0n) is 10.1. The Labute approximate surface area is 159 Å².